The third-order valence-corrected chi connectivity index (χ3v) is 4.30. The van der Waals surface area contributed by atoms with Crippen LogP contribution >= 0.6 is 0 Å². The molecule has 0 saturated heterocycles. The van der Waals surface area contributed by atoms with E-state index in [1.807, 2.05) is 30.3 Å². The maximum atomic E-state index is 13.7. The molecule has 3 saturated carbocycles. The Balaban J connectivity index is 1.54. The Morgan fingerprint density at radius 2 is 1.95 bits per heavy atom. The molecule has 3 aliphatic rings. The molecule has 2 bridgehead atoms. The van der Waals surface area contributed by atoms with Crippen LogP contribution in [0.3, 0.4) is 0 Å². The van der Waals surface area contributed by atoms with Gasteiger partial charge >= 0.3 is 6.09 Å². The second-order valence-electron chi connectivity index (χ2n) is 5.76. The second kappa shape index (κ2) is 3.68. The Kier molecular flexibility index (Phi) is 2.40. The fraction of sp³-hybridized carbons (Fsp3) is 0.500. The van der Waals surface area contributed by atoms with Gasteiger partial charge in [0.25, 0.3) is 5.92 Å². The molecule has 19 heavy (non-hydrogen) atoms. The number of nitrogens with one attached hydrogen (secondary N) is 1. The third-order valence-electron chi connectivity index (χ3n) is 4.30. The number of benzene rings is 1. The molecule has 0 atom stereocenters. The Bertz CT molecular complexity index is 509. The lowest BCUT2D eigenvalue weighted by molar-refractivity contribution is -0.362. The summed E-state index contributed by atoms with van der Waals surface area (Å²) < 4.78 is 32.3. The summed E-state index contributed by atoms with van der Waals surface area (Å²) in [6, 6.07) is 9.12. The van der Waals surface area contributed by atoms with Gasteiger partial charge < -0.3 is 10.1 Å². The van der Waals surface area contributed by atoms with Gasteiger partial charge in [-0.05, 0) is 18.4 Å². The zero-order chi connectivity index (χ0) is 13.7. The summed E-state index contributed by atoms with van der Waals surface area (Å²) >= 11 is 0. The minimum Gasteiger partial charge on any atom is -0.445 e. The molecule has 1 aromatic rings. The monoisotopic (exact) mass is 267 g/mol. The number of carbonyl (C=O) groups excluding carboxylic acids is 1. The van der Waals surface area contributed by atoms with E-state index in [1.165, 1.54) is 0 Å². The number of alkyl carbamates (subject to hydrolysis) is 1. The maximum Gasteiger partial charge on any atom is 0.408 e. The quantitative estimate of drug-likeness (QED) is 0.913. The van der Waals surface area contributed by atoms with Gasteiger partial charge in [0.1, 0.15) is 12.1 Å². The van der Waals surface area contributed by atoms with Gasteiger partial charge in [0, 0.05) is 5.41 Å². The topological polar surface area (TPSA) is 38.3 Å². The van der Waals surface area contributed by atoms with Crippen molar-refractivity contribution >= 4 is 6.09 Å². The zero-order valence-electron chi connectivity index (χ0n) is 10.6. The largest absolute Gasteiger partial charge is 0.445 e. The van der Waals surface area contributed by atoms with E-state index in [9.17, 15) is 13.6 Å². The minimum absolute atomic E-state index is 0.0889. The first kappa shape index (κ1) is 12.4. The SMILES string of the molecule is CC12CC(NC(=O)OCc3ccccc3)(C1)C2(F)F. The summed E-state index contributed by atoms with van der Waals surface area (Å²) in [6.45, 7) is 1.64. The Morgan fingerprint density at radius 1 is 1.32 bits per heavy atom. The van der Waals surface area contributed by atoms with E-state index in [0.29, 0.717) is 12.8 Å². The van der Waals surface area contributed by atoms with E-state index in [0.717, 1.165) is 5.56 Å². The molecule has 0 aliphatic heterocycles. The maximum absolute atomic E-state index is 13.7. The summed E-state index contributed by atoms with van der Waals surface area (Å²) in [7, 11) is 0. The number of hydrogen-bond donors (Lipinski definition) is 1. The van der Waals surface area contributed by atoms with Crippen molar-refractivity contribution in [3.05, 3.63) is 35.9 Å². The van der Waals surface area contributed by atoms with E-state index in [-0.39, 0.29) is 6.61 Å². The van der Waals surface area contributed by atoms with Crippen molar-refractivity contribution in [2.45, 2.75) is 37.8 Å². The van der Waals surface area contributed by atoms with Crippen LogP contribution in [0.15, 0.2) is 30.3 Å². The molecule has 5 heteroatoms. The summed E-state index contributed by atoms with van der Waals surface area (Å²) in [5.74, 6) is -2.81. The highest BCUT2D eigenvalue weighted by molar-refractivity contribution is 5.70. The first-order valence-corrected chi connectivity index (χ1v) is 6.25. The van der Waals surface area contributed by atoms with Gasteiger partial charge in [-0.25, -0.2) is 13.6 Å². The predicted octanol–water partition coefficient (Wildman–Crippen LogP) is 3.10. The number of ether oxygens (including phenoxy) is 1. The van der Waals surface area contributed by atoms with Crippen LogP contribution in [0.5, 0.6) is 0 Å². The molecule has 0 radical (unpaired) electrons. The molecule has 0 heterocycles. The van der Waals surface area contributed by atoms with Crippen molar-refractivity contribution in [1.82, 2.24) is 5.32 Å². The van der Waals surface area contributed by atoms with Gasteiger partial charge in [-0.15, -0.1) is 0 Å². The van der Waals surface area contributed by atoms with Crippen molar-refractivity contribution in [3.63, 3.8) is 0 Å². The predicted molar refractivity (Wildman–Crippen MR) is 64.8 cm³/mol. The van der Waals surface area contributed by atoms with Crippen LogP contribution in [-0.4, -0.2) is 17.6 Å². The highest BCUT2D eigenvalue weighted by Crippen LogP contribution is 2.75. The van der Waals surface area contributed by atoms with Crippen LogP contribution in [0.1, 0.15) is 25.3 Å². The Hall–Kier alpha value is -1.65. The van der Waals surface area contributed by atoms with Crippen molar-refractivity contribution in [1.29, 1.82) is 0 Å². The molecule has 1 N–H and O–H groups in total. The average molecular weight is 267 g/mol. The third kappa shape index (κ3) is 1.57. The molecule has 1 aromatic carbocycles. The van der Waals surface area contributed by atoms with Gasteiger partial charge in [-0.3, -0.25) is 0 Å². The molecule has 0 aromatic heterocycles. The fourth-order valence-electron chi connectivity index (χ4n) is 3.21. The van der Waals surface area contributed by atoms with E-state index < -0.39 is 23.0 Å². The molecular formula is C14H15F2NO2. The van der Waals surface area contributed by atoms with E-state index in [1.54, 1.807) is 6.92 Å². The first-order chi connectivity index (χ1) is 8.89. The number of amides is 1. The van der Waals surface area contributed by atoms with Gasteiger partial charge in [0.15, 0.2) is 0 Å². The van der Waals surface area contributed by atoms with Crippen molar-refractivity contribution < 1.29 is 18.3 Å². The standard InChI is InChI=1S/C14H15F2NO2/c1-12-8-13(9-12,14(12,15)16)17-11(18)19-7-10-5-3-2-4-6-10/h2-6H,7-9H2,1H3,(H,17,18). The molecule has 0 unspecified atom stereocenters. The van der Waals surface area contributed by atoms with Crippen molar-refractivity contribution in [2.24, 2.45) is 5.41 Å². The van der Waals surface area contributed by atoms with Crippen LogP contribution in [0, 0.1) is 5.41 Å². The summed E-state index contributed by atoms with van der Waals surface area (Å²) in [5.41, 5.74) is -1.47. The summed E-state index contributed by atoms with van der Waals surface area (Å²) in [6.07, 6.45) is -0.119. The molecule has 102 valence electrons. The van der Waals surface area contributed by atoms with E-state index in [4.69, 9.17) is 4.74 Å². The lowest BCUT2D eigenvalue weighted by atomic mass is 9.37. The number of rotatable bonds is 3. The smallest absolute Gasteiger partial charge is 0.408 e. The van der Waals surface area contributed by atoms with Gasteiger partial charge in [-0.1, -0.05) is 37.3 Å². The second-order valence-corrected chi connectivity index (χ2v) is 5.76. The molecular weight excluding hydrogens is 252 g/mol. The summed E-state index contributed by atoms with van der Waals surface area (Å²) in [5, 5.41) is 2.33. The van der Waals surface area contributed by atoms with Crippen molar-refractivity contribution in [2.75, 3.05) is 0 Å². The zero-order valence-corrected chi connectivity index (χ0v) is 10.6. The van der Waals surface area contributed by atoms with E-state index >= 15 is 0 Å². The molecule has 3 aliphatic carbocycles. The van der Waals surface area contributed by atoms with Crippen LogP contribution in [0.25, 0.3) is 0 Å². The highest BCUT2D eigenvalue weighted by Gasteiger charge is 2.87. The Labute approximate surface area is 109 Å². The minimum atomic E-state index is -2.81. The van der Waals surface area contributed by atoms with Gasteiger partial charge in [0.2, 0.25) is 0 Å². The van der Waals surface area contributed by atoms with Gasteiger partial charge in [-0.2, -0.15) is 0 Å². The lowest BCUT2D eigenvalue weighted by Crippen LogP contribution is -2.88. The number of hydrogen-bond acceptors (Lipinski definition) is 2. The summed E-state index contributed by atoms with van der Waals surface area (Å²) in [4.78, 5) is 11.6. The van der Waals surface area contributed by atoms with Crippen LogP contribution in [-0.2, 0) is 11.3 Å². The molecule has 1 amide bonds. The Morgan fingerprint density at radius 3 is 2.47 bits per heavy atom. The molecule has 3 nitrogen and oxygen atoms in total. The van der Waals surface area contributed by atoms with Gasteiger partial charge in [0.05, 0.1) is 0 Å². The van der Waals surface area contributed by atoms with Crippen LogP contribution < -0.4 is 5.32 Å². The molecule has 3 fully saturated rings. The van der Waals surface area contributed by atoms with Crippen LogP contribution in [0.2, 0.25) is 0 Å². The fourth-order valence-corrected chi connectivity index (χ4v) is 3.21. The average Bonchev–Trinajstić information content (AvgIpc) is 2.36. The lowest BCUT2D eigenvalue weighted by Gasteiger charge is -2.73. The highest BCUT2D eigenvalue weighted by atomic mass is 19.3. The molecule has 4 rings (SSSR count). The first-order valence-electron chi connectivity index (χ1n) is 6.25. The van der Waals surface area contributed by atoms with Crippen LogP contribution in [0.4, 0.5) is 13.6 Å². The number of carbonyl (C=O) groups is 1. The molecule has 0 spiro atoms. The number of halogens is 2. The number of alkyl halides is 2. The van der Waals surface area contributed by atoms with Crippen molar-refractivity contribution in [3.8, 4) is 0 Å². The van der Waals surface area contributed by atoms with E-state index in [2.05, 4.69) is 5.32 Å². The normalized spacial score (nSPS) is 33.8.